The summed E-state index contributed by atoms with van der Waals surface area (Å²) in [5.74, 6) is 0.868. The predicted molar refractivity (Wildman–Crippen MR) is 88.9 cm³/mol. The third kappa shape index (κ3) is 2.97. The van der Waals surface area contributed by atoms with Crippen LogP contribution in [0.25, 0.3) is 5.65 Å². The van der Waals surface area contributed by atoms with Crippen molar-refractivity contribution >= 4 is 11.5 Å². The predicted octanol–water partition coefficient (Wildman–Crippen LogP) is 3.23. The van der Waals surface area contributed by atoms with Crippen molar-refractivity contribution in [2.75, 3.05) is 18.0 Å². The molecule has 0 amide bonds. The van der Waals surface area contributed by atoms with Gasteiger partial charge in [0.1, 0.15) is 5.82 Å². The number of hydrogen-bond donors (Lipinski definition) is 0. The van der Waals surface area contributed by atoms with Crippen LogP contribution < -0.4 is 4.90 Å². The molecule has 3 aromatic rings. The van der Waals surface area contributed by atoms with Gasteiger partial charge in [-0.05, 0) is 44.0 Å². The first kappa shape index (κ1) is 16.7. The largest absolute Gasteiger partial charge is 0.419 e. The Morgan fingerprint density at radius 1 is 1.08 bits per heavy atom. The van der Waals surface area contributed by atoms with Crippen LogP contribution in [-0.4, -0.2) is 37.9 Å². The molecule has 6 nitrogen and oxygen atoms in total. The summed E-state index contributed by atoms with van der Waals surface area (Å²) in [7, 11) is 0. The molecule has 136 valence electrons. The lowest BCUT2D eigenvalue weighted by Gasteiger charge is -2.33. The quantitative estimate of drug-likeness (QED) is 0.701. The monoisotopic (exact) mass is 362 g/mol. The molecule has 1 aliphatic heterocycles. The standard InChI is InChI=1S/C17H17F3N6/c1-11-4-5-14-22-23-15(26(14)24-11)12-6-9-25(10-7-12)16-13(17(18,19)20)3-2-8-21-16/h2-5,8,12H,6-7,9-10H2,1H3. The van der Waals surface area contributed by atoms with E-state index in [0.717, 1.165) is 17.6 Å². The van der Waals surface area contributed by atoms with Crippen LogP contribution in [0.4, 0.5) is 19.0 Å². The van der Waals surface area contributed by atoms with Crippen molar-refractivity contribution in [3.63, 3.8) is 0 Å². The van der Waals surface area contributed by atoms with E-state index in [2.05, 4.69) is 20.3 Å². The maximum absolute atomic E-state index is 13.2. The summed E-state index contributed by atoms with van der Waals surface area (Å²) in [5.41, 5.74) is 0.847. The van der Waals surface area contributed by atoms with Gasteiger partial charge in [-0.25, -0.2) is 4.98 Å². The Hall–Kier alpha value is -2.71. The van der Waals surface area contributed by atoms with Gasteiger partial charge in [-0.3, -0.25) is 0 Å². The van der Waals surface area contributed by atoms with Gasteiger partial charge in [0.05, 0.1) is 11.3 Å². The zero-order valence-corrected chi connectivity index (χ0v) is 14.1. The molecular weight excluding hydrogens is 345 g/mol. The third-order valence-corrected chi connectivity index (χ3v) is 4.67. The van der Waals surface area contributed by atoms with E-state index in [9.17, 15) is 13.2 Å². The minimum Gasteiger partial charge on any atom is -0.356 e. The van der Waals surface area contributed by atoms with Crippen molar-refractivity contribution < 1.29 is 13.2 Å². The minimum atomic E-state index is -4.41. The Morgan fingerprint density at radius 3 is 2.58 bits per heavy atom. The summed E-state index contributed by atoms with van der Waals surface area (Å²) in [5, 5.41) is 12.8. The summed E-state index contributed by atoms with van der Waals surface area (Å²) in [4.78, 5) is 5.67. The average molecular weight is 362 g/mol. The molecule has 1 fully saturated rings. The van der Waals surface area contributed by atoms with Crippen LogP contribution >= 0.6 is 0 Å². The van der Waals surface area contributed by atoms with Gasteiger partial charge in [-0.15, -0.1) is 10.2 Å². The first-order valence-corrected chi connectivity index (χ1v) is 8.39. The Morgan fingerprint density at radius 2 is 1.85 bits per heavy atom. The van der Waals surface area contributed by atoms with Gasteiger partial charge in [0.15, 0.2) is 11.5 Å². The lowest BCUT2D eigenvalue weighted by Crippen LogP contribution is -2.35. The fourth-order valence-electron chi connectivity index (χ4n) is 3.37. The number of aromatic nitrogens is 5. The highest BCUT2D eigenvalue weighted by Gasteiger charge is 2.36. The summed E-state index contributed by atoms with van der Waals surface area (Å²) in [6, 6.07) is 6.12. The van der Waals surface area contributed by atoms with Crippen LogP contribution in [0.3, 0.4) is 0 Å². The fourth-order valence-corrected chi connectivity index (χ4v) is 3.37. The lowest BCUT2D eigenvalue weighted by molar-refractivity contribution is -0.137. The van der Waals surface area contributed by atoms with Gasteiger partial charge in [0.25, 0.3) is 0 Å². The number of rotatable bonds is 2. The van der Waals surface area contributed by atoms with Gasteiger partial charge in [0, 0.05) is 25.2 Å². The van der Waals surface area contributed by atoms with Crippen molar-refractivity contribution in [2.45, 2.75) is 31.9 Å². The Balaban J connectivity index is 1.56. The highest BCUT2D eigenvalue weighted by Crippen LogP contribution is 2.37. The van der Waals surface area contributed by atoms with Gasteiger partial charge >= 0.3 is 6.18 Å². The molecule has 0 aromatic carbocycles. The zero-order valence-electron chi connectivity index (χ0n) is 14.1. The first-order valence-electron chi connectivity index (χ1n) is 8.39. The highest BCUT2D eigenvalue weighted by atomic mass is 19.4. The molecular formula is C17H17F3N6. The molecule has 0 bridgehead atoms. The molecule has 1 aliphatic rings. The van der Waals surface area contributed by atoms with Crippen LogP contribution in [0.5, 0.6) is 0 Å². The fraction of sp³-hybridized carbons (Fsp3) is 0.412. The molecule has 0 unspecified atom stereocenters. The number of fused-ring (bicyclic) bond motifs is 1. The Kier molecular flexibility index (Phi) is 4.01. The summed E-state index contributed by atoms with van der Waals surface area (Å²) >= 11 is 0. The number of hydrogen-bond acceptors (Lipinski definition) is 5. The van der Waals surface area contributed by atoms with Crippen LogP contribution in [0, 0.1) is 6.92 Å². The Bertz CT molecular complexity index is 928. The molecule has 0 radical (unpaired) electrons. The molecule has 3 aromatic heterocycles. The van der Waals surface area contributed by atoms with E-state index in [0.29, 0.717) is 31.6 Å². The highest BCUT2D eigenvalue weighted by molar-refractivity contribution is 5.49. The van der Waals surface area contributed by atoms with Crippen molar-refractivity contribution in [1.29, 1.82) is 0 Å². The van der Waals surface area contributed by atoms with Crippen molar-refractivity contribution in [1.82, 2.24) is 24.8 Å². The number of anilines is 1. The van der Waals surface area contributed by atoms with Gasteiger partial charge in [-0.1, -0.05) is 0 Å². The van der Waals surface area contributed by atoms with E-state index in [1.54, 1.807) is 9.42 Å². The molecule has 4 rings (SSSR count). The molecule has 0 saturated carbocycles. The van der Waals surface area contributed by atoms with Crippen LogP contribution in [0.2, 0.25) is 0 Å². The second-order valence-electron chi connectivity index (χ2n) is 6.44. The number of nitrogens with zero attached hydrogens (tertiary/aromatic N) is 6. The normalized spacial score (nSPS) is 16.4. The van der Waals surface area contributed by atoms with E-state index in [-0.39, 0.29) is 11.7 Å². The van der Waals surface area contributed by atoms with Crippen molar-refractivity contribution in [3.05, 3.63) is 47.5 Å². The van der Waals surface area contributed by atoms with Crippen LogP contribution in [-0.2, 0) is 6.18 Å². The summed E-state index contributed by atoms with van der Waals surface area (Å²) < 4.78 is 41.4. The SMILES string of the molecule is Cc1ccc2nnc(C3CCN(c4ncccc4C(F)(F)F)CC3)n2n1. The van der Waals surface area contributed by atoms with E-state index in [1.165, 1.54) is 12.3 Å². The zero-order chi connectivity index (χ0) is 18.3. The molecule has 26 heavy (non-hydrogen) atoms. The van der Waals surface area contributed by atoms with E-state index < -0.39 is 11.7 Å². The molecule has 0 aliphatic carbocycles. The van der Waals surface area contributed by atoms with Gasteiger partial charge in [-0.2, -0.15) is 22.8 Å². The number of halogens is 3. The van der Waals surface area contributed by atoms with Crippen molar-refractivity contribution in [3.8, 4) is 0 Å². The number of alkyl halides is 3. The molecule has 9 heteroatoms. The number of pyridine rings is 1. The van der Waals surface area contributed by atoms with Gasteiger partial charge < -0.3 is 4.90 Å². The molecule has 0 N–H and O–H groups in total. The average Bonchev–Trinajstić information content (AvgIpc) is 3.04. The maximum Gasteiger partial charge on any atom is 0.419 e. The maximum atomic E-state index is 13.2. The number of aryl methyl sites for hydroxylation is 1. The molecule has 1 saturated heterocycles. The summed E-state index contributed by atoms with van der Waals surface area (Å²) in [6.45, 7) is 2.85. The molecule has 0 atom stereocenters. The second-order valence-corrected chi connectivity index (χ2v) is 6.44. The first-order chi connectivity index (χ1) is 12.4. The van der Waals surface area contributed by atoms with E-state index >= 15 is 0 Å². The second kappa shape index (κ2) is 6.22. The van der Waals surface area contributed by atoms with Gasteiger partial charge in [0.2, 0.25) is 0 Å². The molecule has 4 heterocycles. The lowest BCUT2D eigenvalue weighted by atomic mass is 9.96. The molecule has 0 spiro atoms. The van der Waals surface area contributed by atoms with E-state index in [4.69, 9.17) is 0 Å². The van der Waals surface area contributed by atoms with Crippen LogP contribution in [0.15, 0.2) is 30.5 Å². The van der Waals surface area contributed by atoms with Crippen molar-refractivity contribution in [2.24, 2.45) is 0 Å². The van der Waals surface area contributed by atoms with Crippen LogP contribution in [0.1, 0.15) is 35.8 Å². The Labute approximate surface area is 147 Å². The summed E-state index contributed by atoms with van der Waals surface area (Å²) in [6.07, 6.45) is -1.67. The third-order valence-electron chi connectivity index (χ3n) is 4.67. The van der Waals surface area contributed by atoms with E-state index in [1.807, 2.05) is 19.1 Å². The smallest absolute Gasteiger partial charge is 0.356 e. The number of piperidine rings is 1. The minimum absolute atomic E-state index is 0.00137. The topological polar surface area (TPSA) is 59.2 Å².